The van der Waals surface area contributed by atoms with Crippen molar-refractivity contribution in [2.45, 2.75) is 0 Å². The van der Waals surface area contributed by atoms with Crippen LogP contribution < -0.4 is 0 Å². The highest BCUT2D eigenvalue weighted by Crippen LogP contribution is 2.02. The number of rotatable bonds is 1. The molecule has 0 saturated carbocycles. The molecule has 0 fully saturated rings. The summed E-state index contributed by atoms with van der Waals surface area (Å²) < 4.78 is 4.80. The second kappa shape index (κ2) is 2.69. The van der Waals surface area contributed by atoms with Gasteiger partial charge in [0.25, 0.3) is 0 Å². The van der Waals surface area contributed by atoms with Crippen LogP contribution in [0.2, 0.25) is 0 Å². The Bertz CT molecular complexity index is 282. The number of nitriles is 1. The van der Waals surface area contributed by atoms with E-state index in [-0.39, 0.29) is 5.76 Å². The van der Waals surface area contributed by atoms with E-state index in [1.165, 1.54) is 12.1 Å². The molecule has 0 aromatic carbocycles. The van der Waals surface area contributed by atoms with Crippen LogP contribution in [0.3, 0.4) is 0 Å². The highest BCUT2D eigenvalue weighted by molar-refractivity contribution is 5.75. The van der Waals surface area contributed by atoms with Crippen LogP contribution in [0, 0.1) is 11.3 Å². The molecule has 10 heavy (non-hydrogen) atoms. The Labute approximate surface area is 57.0 Å². The molecule has 0 aliphatic rings. The van der Waals surface area contributed by atoms with E-state index in [4.69, 9.17) is 14.9 Å². The first kappa shape index (κ1) is 6.36. The van der Waals surface area contributed by atoms with Gasteiger partial charge in [-0.05, 0) is 12.1 Å². The predicted molar refractivity (Wildman–Crippen MR) is 32.8 cm³/mol. The van der Waals surface area contributed by atoms with Crippen molar-refractivity contribution in [1.82, 2.24) is 0 Å². The highest BCUT2D eigenvalue weighted by Gasteiger charge is 1.95. The van der Waals surface area contributed by atoms with Crippen LogP contribution in [0.5, 0.6) is 0 Å². The molecule has 4 heteroatoms. The quantitative estimate of drug-likeness (QED) is 0.355. The van der Waals surface area contributed by atoms with Gasteiger partial charge in [0.15, 0.2) is 0 Å². The van der Waals surface area contributed by atoms with E-state index >= 15 is 0 Å². The predicted octanol–water partition coefficient (Wildman–Crippen LogP) is 0.959. The van der Waals surface area contributed by atoms with Gasteiger partial charge in [0.2, 0.25) is 5.76 Å². The van der Waals surface area contributed by atoms with Gasteiger partial charge in [0.1, 0.15) is 18.0 Å². The summed E-state index contributed by atoms with van der Waals surface area (Å²) in [5, 5.41) is 19.0. The van der Waals surface area contributed by atoms with Crippen molar-refractivity contribution >= 4 is 6.21 Å². The third kappa shape index (κ3) is 1.14. The number of oxime groups is 1. The molecule has 1 aromatic heterocycles. The molecular weight excluding hydrogens is 132 g/mol. The van der Waals surface area contributed by atoms with Gasteiger partial charge in [-0.15, -0.1) is 0 Å². The van der Waals surface area contributed by atoms with Crippen molar-refractivity contribution in [3.63, 3.8) is 0 Å². The number of furan rings is 1. The summed E-state index contributed by atoms with van der Waals surface area (Å²) in [5.74, 6) is 0.564. The summed E-state index contributed by atoms with van der Waals surface area (Å²) in [4.78, 5) is 0. The molecule has 0 amide bonds. The first-order valence-corrected chi connectivity index (χ1v) is 2.54. The minimum atomic E-state index is 0.204. The molecule has 0 aliphatic carbocycles. The Morgan fingerprint density at radius 1 is 1.70 bits per heavy atom. The highest BCUT2D eigenvalue weighted by atomic mass is 16.4. The molecule has 1 rings (SSSR count). The summed E-state index contributed by atoms with van der Waals surface area (Å²) in [5.41, 5.74) is 0. The van der Waals surface area contributed by atoms with E-state index in [0.717, 1.165) is 6.21 Å². The Morgan fingerprint density at radius 3 is 3.00 bits per heavy atom. The van der Waals surface area contributed by atoms with Crippen LogP contribution in [-0.4, -0.2) is 11.4 Å². The normalized spacial score (nSPS) is 9.90. The maximum Gasteiger partial charge on any atom is 0.204 e. The fraction of sp³-hybridized carbons (Fsp3) is 0. The molecule has 1 heterocycles. The third-order valence-electron chi connectivity index (χ3n) is 0.922. The number of hydrogen-bond donors (Lipinski definition) is 1. The van der Waals surface area contributed by atoms with Crippen molar-refractivity contribution in [3.8, 4) is 6.07 Å². The molecule has 0 spiro atoms. The van der Waals surface area contributed by atoms with E-state index in [1.807, 2.05) is 0 Å². The van der Waals surface area contributed by atoms with Crippen LogP contribution in [-0.2, 0) is 0 Å². The summed E-state index contributed by atoms with van der Waals surface area (Å²) in [6.45, 7) is 0. The summed E-state index contributed by atoms with van der Waals surface area (Å²) in [6.07, 6.45) is 1.11. The average Bonchev–Trinajstić information content (AvgIpc) is 2.37. The standard InChI is InChI=1S/C6H4N2O2/c7-3-5-1-2-6(10-5)4-8-9/h1-2,4,9H/b8-4+. The van der Waals surface area contributed by atoms with Gasteiger partial charge in [-0.25, -0.2) is 0 Å². The van der Waals surface area contributed by atoms with E-state index in [2.05, 4.69) is 5.16 Å². The van der Waals surface area contributed by atoms with Gasteiger partial charge in [0.05, 0.1) is 0 Å². The molecule has 0 saturated heterocycles. The van der Waals surface area contributed by atoms with Crippen molar-refractivity contribution < 1.29 is 9.62 Å². The third-order valence-corrected chi connectivity index (χ3v) is 0.922. The topological polar surface area (TPSA) is 69.5 Å². The van der Waals surface area contributed by atoms with Crippen molar-refractivity contribution in [2.75, 3.05) is 0 Å². The van der Waals surface area contributed by atoms with Gasteiger partial charge < -0.3 is 9.62 Å². The monoisotopic (exact) mass is 136 g/mol. The molecule has 50 valence electrons. The molecule has 1 N–H and O–H groups in total. The van der Waals surface area contributed by atoms with Crippen molar-refractivity contribution in [3.05, 3.63) is 23.7 Å². The molecule has 0 unspecified atom stereocenters. The first-order chi connectivity index (χ1) is 4.86. The van der Waals surface area contributed by atoms with E-state index < -0.39 is 0 Å². The summed E-state index contributed by atoms with van der Waals surface area (Å²) in [6, 6.07) is 4.83. The van der Waals surface area contributed by atoms with Crippen molar-refractivity contribution in [2.24, 2.45) is 5.16 Å². The molecule has 0 atom stereocenters. The van der Waals surface area contributed by atoms with E-state index in [0.29, 0.717) is 5.76 Å². The molecule has 4 nitrogen and oxygen atoms in total. The average molecular weight is 136 g/mol. The van der Waals surface area contributed by atoms with Gasteiger partial charge >= 0.3 is 0 Å². The Morgan fingerprint density at radius 2 is 2.50 bits per heavy atom. The van der Waals surface area contributed by atoms with Gasteiger partial charge in [0, 0.05) is 0 Å². The molecule has 0 radical (unpaired) electrons. The van der Waals surface area contributed by atoms with E-state index in [1.54, 1.807) is 6.07 Å². The molecule has 1 aromatic rings. The maximum absolute atomic E-state index is 8.27. The van der Waals surface area contributed by atoms with Crippen molar-refractivity contribution in [1.29, 1.82) is 5.26 Å². The largest absolute Gasteiger partial charge is 0.444 e. The van der Waals surface area contributed by atoms with Crippen LogP contribution >= 0.6 is 0 Å². The minimum Gasteiger partial charge on any atom is -0.444 e. The van der Waals surface area contributed by atoms with Crippen LogP contribution in [0.4, 0.5) is 0 Å². The lowest BCUT2D eigenvalue weighted by Gasteiger charge is -1.77. The number of nitrogens with zero attached hydrogens (tertiary/aromatic N) is 2. The maximum atomic E-state index is 8.27. The van der Waals surface area contributed by atoms with Crippen LogP contribution in [0.15, 0.2) is 21.7 Å². The zero-order valence-electron chi connectivity index (χ0n) is 4.98. The van der Waals surface area contributed by atoms with Gasteiger partial charge in [-0.1, -0.05) is 5.16 Å². The minimum absolute atomic E-state index is 0.204. The Kier molecular flexibility index (Phi) is 1.71. The molecular formula is C6H4N2O2. The zero-order chi connectivity index (χ0) is 7.40. The van der Waals surface area contributed by atoms with Gasteiger partial charge in [-0.2, -0.15) is 5.26 Å². The second-order valence-corrected chi connectivity index (χ2v) is 1.56. The fourth-order valence-corrected chi connectivity index (χ4v) is 0.539. The van der Waals surface area contributed by atoms with Gasteiger partial charge in [-0.3, -0.25) is 0 Å². The Balaban J connectivity index is 2.91. The summed E-state index contributed by atoms with van der Waals surface area (Å²) in [7, 11) is 0. The lowest BCUT2D eigenvalue weighted by atomic mass is 10.4. The Hall–Kier alpha value is -1.76. The van der Waals surface area contributed by atoms with Crippen LogP contribution in [0.25, 0.3) is 0 Å². The second-order valence-electron chi connectivity index (χ2n) is 1.56. The smallest absolute Gasteiger partial charge is 0.204 e. The fourth-order valence-electron chi connectivity index (χ4n) is 0.539. The first-order valence-electron chi connectivity index (χ1n) is 2.54. The summed E-state index contributed by atoms with van der Waals surface area (Å²) >= 11 is 0. The zero-order valence-corrected chi connectivity index (χ0v) is 4.98. The molecule has 0 bridgehead atoms. The van der Waals surface area contributed by atoms with Crippen LogP contribution in [0.1, 0.15) is 11.5 Å². The molecule has 0 aliphatic heterocycles. The SMILES string of the molecule is N#Cc1ccc(/C=N/O)o1. The lowest BCUT2D eigenvalue weighted by molar-refractivity contribution is 0.320. The van der Waals surface area contributed by atoms with E-state index in [9.17, 15) is 0 Å². The lowest BCUT2D eigenvalue weighted by Crippen LogP contribution is -1.71. The number of hydrogen-bond acceptors (Lipinski definition) is 4.